The average molecular weight is 350 g/mol. The maximum Gasteiger partial charge on any atom is 0.159 e. The summed E-state index contributed by atoms with van der Waals surface area (Å²) in [5.41, 5.74) is 0.948. The molecule has 0 aliphatic heterocycles. The van der Waals surface area contributed by atoms with Crippen LogP contribution in [0.15, 0.2) is 30.3 Å². The lowest BCUT2D eigenvalue weighted by Gasteiger charge is -2.28. The van der Waals surface area contributed by atoms with Crippen LogP contribution >= 0.6 is 0 Å². The molecule has 2 aromatic carbocycles. The Kier molecular flexibility index (Phi) is 5.45. The molecule has 1 saturated carbocycles. The van der Waals surface area contributed by atoms with Gasteiger partial charge in [-0.05, 0) is 72.9 Å². The fourth-order valence-electron chi connectivity index (χ4n) is 3.78. The summed E-state index contributed by atoms with van der Waals surface area (Å²) in [6.07, 6.45) is 5.17. The van der Waals surface area contributed by atoms with Crippen LogP contribution in [0.3, 0.4) is 0 Å². The van der Waals surface area contributed by atoms with E-state index in [4.69, 9.17) is 0 Å². The highest BCUT2D eigenvalue weighted by Gasteiger charge is 2.23. The highest BCUT2D eigenvalue weighted by molar-refractivity contribution is 5.33. The topological polar surface area (TPSA) is 0 Å². The van der Waals surface area contributed by atoms with Crippen LogP contribution in [-0.4, -0.2) is 0 Å². The second kappa shape index (κ2) is 7.59. The molecule has 0 bridgehead atoms. The van der Waals surface area contributed by atoms with Crippen molar-refractivity contribution in [3.63, 3.8) is 0 Å². The Hall–Kier alpha value is -1.84. The predicted molar refractivity (Wildman–Crippen MR) is 90.5 cm³/mol. The summed E-state index contributed by atoms with van der Waals surface area (Å²) in [4.78, 5) is 0. The van der Waals surface area contributed by atoms with Crippen molar-refractivity contribution in [2.24, 2.45) is 5.92 Å². The van der Waals surface area contributed by atoms with Crippen molar-refractivity contribution in [3.8, 4) is 0 Å². The lowest BCUT2D eigenvalue weighted by molar-refractivity contribution is 0.317. The minimum Gasteiger partial charge on any atom is -0.207 e. The first-order valence-electron chi connectivity index (χ1n) is 8.89. The minimum absolute atomic E-state index is 0.0995. The fraction of sp³-hybridized carbons (Fsp3) is 0.429. The Labute approximate surface area is 145 Å². The third-order valence-corrected chi connectivity index (χ3v) is 5.42. The summed E-state index contributed by atoms with van der Waals surface area (Å²) in [5.74, 6) is -2.29. The average Bonchev–Trinajstić information content (AvgIpc) is 2.61. The van der Waals surface area contributed by atoms with Crippen molar-refractivity contribution in [1.82, 2.24) is 0 Å². The summed E-state index contributed by atoms with van der Waals surface area (Å²) in [6.45, 7) is 2.18. The molecule has 1 aliphatic carbocycles. The Bertz CT molecular complexity index is 723. The number of halogens is 4. The van der Waals surface area contributed by atoms with Gasteiger partial charge in [-0.3, -0.25) is 0 Å². The molecule has 4 heteroatoms. The first kappa shape index (κ1) is 18.0. The zero-order valence-electron chi connectivity index (χ0n) is 14.3. The highest BCUT2D eigenvalue weighted by atomic mass is 19.2. The molecule has 2 aromatic rings. The van der Waals surface area contributed by atoms with E-state index >= 15 is 0 Å². The standard InChI is InChI=1S/C21H22F4/c1-2-13-3-6-15(7-4-13)16-11-19(23)17(20(24)12-16)9-14-5-8-18(22)21(25)10-14/h5,8,10-13,15H,2-4,6-7,9H2,1H3. The SMILES string of the molecule is CCC1CCC(c2cc(F)c(Cc3ccc(F)c(F)c3)c(F)c2)CC1. The second-order valence-corrected chi connectivity index (χ2v) is 7.01. The largest absolute Gasteiger partial charge is 0.207 e. The van der Waals surface area contributed by atoms with E-state index in [1.54, 1.807) is 0 Å². The predicted octanol–water partition coefficient (Wildman–Crippen LogP) is 6.52. The lowest BCUT2D eigenvalue weighted by Crippen LogP contribution is -2.13. The third-order valence-electron chi connectivity index (χ3n) is 5.42. The van der Waals surface area contributed by atoms with E-state index in [-0.39, 0.29) is 17.9 Å². The van der Waals surface area contributed by atoms with E-state index in [0.717, 1.165) is 50.2 Å². The van der Waals surface area contributed by atoms with Crippen LogP contribution < -0.4 is 0 Å². The zero-order valence-corrected chi connectivity index (χ0v) is 14.3. The van der Waals surface area contributed by atoms with Gasteiger partial charge < -0.3 is 0 Å². The Morgan fingerprint density at radius 1 is 0.800 bits per heavy atom. The van der Waals surface area contributed by atoms with E-state index in [1.807, 2.05) is 0 Å². The quantitative estimate of drug-likeness (QED) is 0.551. The van der Waals surface area contributed by atoms with Gasteiger partial charge in [0.2, 0.25) is 0 Å². The molecular weight excluding hydrogens is 328 g/mol. The zero-order chi connectivity index (χ0) is 18.0. The maximum absolute atomic E-state index is 14.5. The molecule has 0 radical (unpaired) electrons. The van der Waals surface area contributed by atoms with Crippen molar-refractivity contribution >= 4 is 0 Å². The molecule has 0 atom stereocenters. The summed E-state index contributed by atoms with van der Waals surface area (Å²) >= 11 is 0. The number of hydrogen-bond donors (Lipinski definition) is 0. The van der Waals surface area contributed by atoms with Gasteiger partial charge in [0.1, 0.15) is 11.6 Å². The fourth-order valence-corrected chi connectivity index (χ4v) is 3.78. The summed E-state index contributed by atoms with van der Waals surface area (Å²) in [6, 6.07) is 6.12. The monoisotopic (exact) mass is 350 g/mol. The first-order valence-corrected chi connectivity index (χ1v) is 8.89. The molecule has 0 spiro atoms. The Morgan fingerprint density at radius 3 is 2.00 bits per heavy atom. The molecule has 134 valence electrons. The molecular formula is C21H22F4. The van der Waals surface area contributed by atoms with Crippen LogP contribution in [-0.2, 0) is 6.42 Å². The van der Waals surface area contributed by atoms with Crippen molar-refractivity contribution in [2.75, 3.05) is 0 Å². The third kappa shape index (κ3) is 4.05. The van der Waals surface area contributed by atoms with Crippen molar-refractivity contribution in [2.45, 2.75) is 51.4 Å². The summed E-state index contributed by atoms with van der Waals surface area (Å²) < 4.78 is 55.2. The van der Waals surface area contributed by atoms with E-state index in [2.05, 4.69) is 6.92 Å². The molecule has 0 unspecified atom stereocenters. The molecule has 0 heterocycles. The van der Waals surface area contributed by atoms with Gasteiger partial charge in [-0.1, -0.05) is 19.4 Å². The number of hydrogen-bond acceptors (Lipinski definition) is 0. The first-order chi connectivity index (χ1) is 12.0. The lowest BCUT2D eigenvalue weighted by atomic mass is 9.77. The van der Waals surface area contributed by atoms with Crippen molar-refractivity contribution in [3.05, 3.63) is 70.3 Å². The van der Waals surface area contributed by atoms with Crippen LogP contribution in [0.25, 0.3) is 0 Å². The van der Waals surface area contributed by atoms with Gasteiger partial charge >= 0.3 is 0 Å². The minimum atomic E-state index is -1.01. The van der Waals surface area contributed by atoms with E-state index in [0.29, 0.717) is 11.1 Å². The summed E-state index contributed by atoms with van der Waals surface area (Å²) in [7, 11) is 0. The van der Waals surface area contributed by atoms with Gasteiger partial charge in [-0.25, -0.2) is 17.6 Å². The van der Waals surface area contributed by atoms with E-state index < -0.39 is 23.3 Å². The Morgan fingerprint density at radius 2 is 1.44 bits per heavy atom. The molecule has 0 N–H and O–H groups in total. The van der Waals surface area contributed by atoms with Gasteiger partial charge in [0.15, 0.2) is 11.6 Å². The number of benzene rings is 2. The van der Waals surface area contributed by atoms with Gasteiger partial charge in [0, 0.05) is 12.0 Å². The summed E-state index contributed by atoms with van der Waals surface area (Å²) in [5, 5.41) is 0. The molecule has 0 nitrogen and oxygen atoms in total. The van der Waals surface area contributed by atoms with Gasteiger partial charge in [-0.15, -0.1) is 0 Å². The normalized spacial score (nSPS) is 20.7. The highest BCUT2D eigenvalue weighted by Crippen LogP contribution is 2.38. The van der Waals surface area contributed by atoms with Gasteiger partial charge in [0.05, 0.1) is 0 Å². The van der Waals surface area contributed by atoms with Crippen LogP contribution in [0.2, 0.25) is 0 Å². The molecule has 0 amide bonds. The van der Waals surface area contributed by atoms with Gasteiger partial charge in [0.25, 0.3) is 0 Å². The van der Waals surface area contributed by atoms with Crippen molar-refractivity contribution in [1.29, 1.82) is 0 Å². The van der Waals surface area contributed by atoms with Crippen LogP contribution in [0.1, 0.15) is 61.6 Å². The van der Waals surface area contributed by atoms with Crippen LogP contribution in [0.5, 0.6) is 0 Å². The molecule has 0 saturated heterocycles. The van der Waals surface area contributed by atoms with E-state index in [9.17, 15) is 17.6 Å². The van der Waals surface area contributed by atoms with E-state index in [1.165, 1.54) is 18.2 Å². The maximum atomic E-state index is 14.5. The van der Waals surface area contributed by atoms with Crippen molar-refractivity contribution < 1.29 is 17.6 Å². The molecule has 0 aromatic heterocycles. The molecule has 1 aliphatic rings. The molecule has 1 fully saturated rings. The smallest absolute Gasteiger partial charge is 0.159 e. The van der Waals surface area contributed by atoms with Crippen LogP contribution in [0, 0.1) is 29.2 Å². The number of rotatable bonds is 4. The Balaban J connectivity index is 1.79. The van der Waals surface area contributed by atoms with Gasteiger partial charge in [-0.2, -0.15) is 0 Å². The molecule has 25 heavy (non-hydrogen) atoms. The second-order valence-electron chi connectivity index (χ2n) is 7.01. The van der Waals surface area contributed by atoms with Crippen LogP contribution in [0.4, 0.5) is 17.6 Å². The molecule has 3 rings (SSSR count).